The second kappa shape index (κ2) is 9.27. The molecule has 0 atom stereocenters. The molecule has 5 nitrogen and oxygen atoms in total. The molecule has 0 saturated carbocycles. The second-order valence-electron chi connectivity index (χ2n) is 8.07. The maximum Gasteiger partial charge on any atom is 0.335 e. The van der Waals surface area contributed by atoms with E-state index in [1.54, 1.807) is 6.07 Å². The molecule has 0 aromatic heterocycles. The molecule has 1 N–H and O–H groups in total. The third-order valence-corrected chi connectivity index (χ3v) is 5.73. The molecule has 0 amide bonds. The summed E-state index contributed by atoms with van der Waals surface area (Å²) in [6.07, 6.45) is 0.863. The van der Waals surface area contributed by atoms with Crippen molar-refractivity contribution in [1.29, 1.82) is 0 Å². The van der Waals surface area contributed by atoms with Crippen molar-refractivity contribution in [3.05, 3.63) is 114 Å². The Hall–Kier alpha value is -4.32. The number of ether oxygens (including phenoxy) is 2. The number of anilines is 1. The standard InChI is InChI=1S/C28H22FNO4/c29-25-17-21(28(31)32)8-13-27(25)34-24-11-12-26-20(16-24)14-15-30(26)18-19-6-9-23(10-7-19)33-22-4-2-1-3-5-22/h1-13,16-17H,14-15,18H2,(H,31,32). The van der Waals surface area contributed by atoms with Crippen molar-refractivity contribution in [2.45, 2.75) is 13.0 Å². The lowest BCUT2D eigenvalue weighted by atomic mass is 10.1. The Morgan fingerprint density at radius 1 is 0.853 bits per heavy atom. The minimum atomic E-state index is -1.18. The third kappa shape index (κ3) is 4.71. The van der Waals surface area contributed by atoms with Crippen LogP contribution in [-0.2, 0) is 13.0 Å². The number of carbonyl (C=O) groups is 1. The first-order chi connectivity index (χ1) is 16.5. The van der Waals surface area contributed by atoms with E-state index in [0.29, 0.717) is 5.75 Å². The summed E-state index contributed by atoms with van der Waals surface area (Å²) in [7, 11) is 0. The molecule has 5 rings (SSSR count). The predicted molar refractivity (Wildman–Crippen MR) is 128 cm³/mol. The first-order valence-electron chi connectivity index (χ1n) is 11.0. The van der Waals surface area contributed by atoms with Gasteiger partial charge in [-0.05, 0) is 78.2 Å². The van der Waals surface area contributed by atoms with Crippen molar-refractivity contribution in [1.82, 2.24) is 0 Å². The van der Waals surface area contributed by atoms with Gasteiger partial charge in [0.1, 0.15) is 17.2 Å². The number of carboxylic acids is 1. The molecule has 0 bridgehead atoms. The fourth-order valence-corrected chi connectivity index (χ4v) is 4.03. The topological polar surface area (TPSA) is 59.0 Å². The second-order valence-corrected chi connectivity index (χ2v) is 8.07. The Bertz CT molecular complexity index is 1320. The SMILES string of the molecule is O=C(O)c1ccc(Oc2ccc3c(c2)CCN3Cc2ccc(Oc3ccccc3)cc2)c(F)c1. The Morgan fingerprint density at radius 2 is 1.59 bits per heavy atom. The van der Waals surface area contributed by atoms with Crippen LogP contribution in [0.5, 0.6) is 23.0 Å². The minimum absolute atomic E-state index is 0.00221. The van der Waals surface area contributed by atoms with Crippen LogP contribution in [0.25, 0.3) is 0 Å². The summed E-state index contributed by atoms with van der Waals surface area (Å²) in [5.41, 5.74) is 3.31. The van der Waals surface area contributed by atoms with E-state index in [4.69, 9.17) is 14.6 Å². The molecular weight excluding hydrogens is 433 g/mol. The first kappa shape index (κ1) is 21.5. The van der Waals surface area contributed by atoms with Crippen molar-refractivity contribution in [2.75, 3.05) is 11.4 Å². The Kier molecular flexibility index (Phi) is 5.87. The van der Waals surface area contributed by atoms with E-state index in [2.05, 4.69) is 17.0 Å². The zero-order valence-electron chi connectivity index (χ0n) is 18.3. The smallest absolute Gasteiger partial charge is 0.335 e. The summed E-state index contributed by atoms with van der Waals surface area (Å²) in [5, 5.41) is 8.98. The number of aromatic carboxylic acids is 1. The van der Waals surface area contributed by atoms with Crippen LogP contribution < -0.4 is 14.4 Å². The van der Waals surface area contributed by atoms with E-state index in [1.807, 2.05) is 54.6 Å². The molecule has 170 valence electrons. The monoisotopic (exact) mass is 455 g/mol. The number of halogens is 1. The van der Waals surface area contributed by atoms with Crippen molar-refractivity contribution in [2.24, 2.45) is 0 Å². The van der Waals surface area contributed by atoms with E-state index in [1.165, 1.54) is 17.7 Å². The number of carboxylic acid groups (broad SMARTS) is 1. The van der Waals surface area contributed by atoms with E-state index < -0.39 is 11.8 Å². The lowest BCUT2D eigenvalue weighted by Gasteiger charge is -2.20. The molecule has 34 heavy (non-hydrogen) atoms. The van der Waals surface area contributed by atoms with Gasteiger partial charge >= 0.3 is 5.97 Å². The highest BCUT2D eigenvalue weighted by atomic mass is 19.1. The van der Waals surface area contributed by atoms with E-state index in [-0.39, 0.29) is 11.3 Å². The fourth-order valence-electron chi connectivity index (χ4n) is 4.03. The van der Waals surface area contributed by atoms with Crippen molar-refractivity contribution >= 4 is 11.7 Å². The highest BCUT2D eigenvalue weighted by Gasteiger charge is 2.20. The number of fused-ring (bicyclic) bond motifs is 1. The molecule has 1 aliphatic rings. The maximum absolute atomic E-state index is 14.2. The van der Waals surface area contributed by atoms with E-state index >= 15 is 0 Å². The van der Waals surface area contributed by atoms with Gasteiger partial charge in [0.25, 0.3) is 0 Å². The van der Waals surface area contributed by atoms with Gasteiger partial charge in [0.15, 0.2) is 11.6 Å². The van der Waals surface area contributed by atoms with Crippen molar-refractivity contribution < 1.29 is 23.8 Å². The van der Waals surface area contributed by atoms with Gasteiger partial charge in [0.2, 0.25) is 0 Å². The summed E-state index contributed by atoms with van der Waals surface area (Å²) in [4.78, 5) is 13.3. The van der Waals surface area contributed by atoms with Gasteiger partial charge in [-0.25, -0.2) is 9.18 Å². The summed E-state index contributed by atoms with van der Waals surface area (Å²) >= 11 is 0. The van der Waals surface area contributed by atoms with E-state index in [9.17, 15) is 9.18 Å². The van der Waals surface area contributed by atoms with E-state index in [0.717, 1.165) is 48.3 Å². The molecule has 0 aliphatic carbocycles. The first-order valence-corrected chi connectivity index (χ1v) is 11.0. The average Bonchev–Trinajstić information content (AvgIpc) is 3.24. The van der Waals surface area contributed by atoms with Crippen molar-refractivity contribution in [3.63, 3.8) is 0 Å². The summed E-state index contributed by atoms with van der Waals surface area (Å²) in [5.74, 6) is 0.229. The van der Waals surface area contributed by atoms with Crippen LogP contribution in [0.3, 0.4) is 0 Å². The number of hydrogen-bond acceptors (Lipinski definition) is 4. The molecule has 0 unspecified atom stereocenters. The molecular formula is C28H22FNO4. The molecule has 0 spiro atoms. The van der Waals surface area contributed by atoms with Crippen LogP contribution in [-0.4, -0.2) is 17.6 Å². The molecule has 0 fully saturated rings. The molecule has 1 aliphatic heterocycles. The number of rotatable bonds is 7. The van der Waals surface area contributed by atoms with Crippen LogP contribution in [0, 0.1) is 5.82 Å². The van der Waals surface area contributed by atoms with Crippen LogP contribution in [0.2, 0.25) is 0 Å². The van der Waals surface area contributed by atoms with Gasteiger partial charge in [0, 0.05) is 18.8 Å². The highest BCUT2D eigenvalue weighted by Crippen LogP contribution is 2.35. The van der Waals surface area contributed by atoms with Crippen LogP contribution in [0.1, 0.15) is 21.5 Å². The van der Waals surface area contributed by atoms with Crippen LogP contribution in [0.15, 0.2) is 91.0 Å². The Labute approximate surface area is 196 Å². The number of hydrogen-bond donors (Lipinski definition) is 1. The molecule has 4 aromatic carbocycles. The van der Waals surface area contributed by atoms with Crippen LogP contribution in [0.4, 0.5) is 10.1 Å². The largest absolute Gasteiger partial charge is 0.478 e. The molecule has 1 heterocycles. The number of benzene rings is 4. The lowest BCUT2D eigenvalue weighted by Crippen LogP contribution is -2.19. The van der Waals surface area contributed by atoms with Gasteiger partial charge < -0.3 is 19.5 Å². The number of nitrogens with zero attached hydrogens (tertiary/aromatic N) is 1. The van der Waals surface area contributed by atoms with Gasteiger partial charge in [-0.2, -0.15) is 0 Å². The quantitative estimate of drug-likeness (QED) is 0.337. The van der Waals surface area contributed by atoms with Crippen LogP contribution >= 0.6 is 0 Å². The zero-order chi connectivity index (χ0) is 23.5. The Morgan fingerprint density at radius 3 is 2.32 bits per heavy atom. The van der Waals surface area contributed by atoms with Gasteiger partial charge in [-0.3, -0.25) is 0 Å². The summed E-state index contributed by atoms with van der Waals surface area (Å²) in [6, 6.07) is 27.1. The molecule has 4 aromatic rings. The maximum atomic E-state index is 14.2. The van der Waals surface area contributed by atoms with Gasteiger partial charge in [0.05, 0.1) is 5.56 Å². The average molecular weight is 455 g/mol. The minimum Gasteiger partial charge on any atom is -0.478 e. The van der Waals surface area contributed by atoms with Gasteiger partial charge in [-0.1, -0.05) is 30.3 Å². The summed E-state index contributed by atoms with van der Waals surface area (Å²) in [6.45, 7) is 1.65. The zero-order valence-corrected chi connectivity index (χ0v) is 18.3. The molecule has 0 radical (unpaired) electrons. The molecule has 6 heteroatoms. The van der Waals surface area contributed by atoms with Crippen molar-refractivity contribution in [3.8, 4) is 23.0 Å². The highest BCUT2D eigenvalue weighted by molar-refractivity contribution is 5.87. The summed E-state index contributed by atoms with van der Waals surface area (Å²) < 4.78 is 25.8. The normalized spacial score (nSPS) is 12.3. The lowest BCUT2D eigenvalue weighted by molar-refractivity contribution is 0.0696. The fraction of sp³-hybridized carbons (Fsp3) is 0.107. The predicted octanol–water partition coefficient (Wildman–Crippen LogP) is 6.67. The van der Waals surface area contributed by atoms with Gasteiger partial charge in [-0.15, -0.1) is 0 Å². The number of para-hydroxylation sites is 1. The molecule has 0 saturated heterocycles. The third-order valence-electron chi connectivity index (χ3n) is 5.73. The Balaban J connectivity index is 1.25.